The van der Waals surface area contributed by atoms with Crippen molar-refractivity contribution in [3.8, 4) is 17.2 Å². The molecule has 0 bridgehead atoms. The molecule has 0 unspecified atom stereocenters. The van der Waals surface area contributed by atoms with Gasteiger partial charge in [0.25, 0.3) is 0 Å². The Balaban J connectivity index is 1.44. The predicted octanol–water partition coefficient (Wildman–Crippen LogP) is 5.36. The van der Waals surface area contributed by atoms with Crippen LogP contribution in [-0.4, -0.2) is 37.2 Å². The average molecular weight is 652 g/mol. The van der Waals surface area contributed by atoms with Crippen molar-refractivity contribution < 1.29 is 19.4 Å². The molecule has 1 fully saturated rings. The Bertz CT molecular complexity index is 2300. The minimum Gasteiger partial charge on any atom is -0.504 e. The molecule has 8 rings (SSSR count). The van der Waals surface area contributed by atoms with Gasteiger partial charge < -0.3 is 9.84 Å². The Morgan fingerprint density at radius 3 is 2.18 bits per heavy atom. The summed E-state index contributed by atoms with van der Waals surface area (Å²) >= 11 is 0. The first-order valence-electron chi connectivity index (χ1n) is 16.4. The van der Waals surface area contributed by atoms with Crippen molar-refractivity contribution in [2.24, 2.45) is 5.92 Å². The number of aromatic hydroxyl groups is 1. The van der Waals surface area contributed by atoms with Gasteiger partial charge in [-0.15, -0.1) is 0 Å². The third kappa shape index (κ3) is 4.38. The van der Waals surface area contributed by atoms with Gasteiger partial charge >= 0.3 is 11.4 Å². The molecule has 2 heterocycles. The maximum Gasteiger partial charge on any atom is 0.352 e. The molecule has 1 aliphatic heterocycles. The molecule has 0 saturated heterocycles. The van der Waals surface area contributed by atoms with Gasteiger partial charge in [-0.2, -0.15) is 0 Å². The standard InChI is InChI=1S/C40H33N3O6/c1-2-49-33-20-12-19-29(37(33)46)35-28-21-22-41-38(47)42(27-17-10-5-11-18-27)39(48)43(41)32(28)24-31-36(45)30(25-13-6-3-7-14-25)23-34(44)40(31,35)26-15-8-4-9-16-26/h3-21,23,31-32,35,46H,2,22,24H2,1H3/t31-,32+,35+,40-/m0/s1. The lowest BCUT2D eigenvalue weighted by Gasteiger charge is -2.54. The third-order valence-electron chi connectivity index (χ3n) is 10.3. The summed E-state index contributed by atoms with van der Waals surface area (Å²) in [6.45, 7) is 2.18. The quantitative estimate of drug-likeness (QED) is 0.248. The zero-order valence-electron chi connectivity index (χ0n) is 26.7. The van der Waals surface area contributed by atoms with E-state index in [0.29, 0.717) is 40.1 Å². The number of fused-ring (bicyclic) bond motifs is 4. The summed E-state index contributed by atoms with van der Waals surface area (Å²) < 4.78 is 9.79. The summed E-state index contributed by atoms with van der Waals surface area (Å²) in [5.74, 6) is -2.25. The maximum absolute atomic E-state index is 15.1. The number of Topliss-reactive ketones (excluding diaryl/α,β-unsaturated/α-hetero) is 1. The maximum atomic E-state index is 15.1. The van der Waals surface area contributed by atoms with E-state index in [2.05, 4.69) is 0 Å². The SMILES string of the molecule is CCOc1cccc([C@H]2C3=CCn4c(=O)n(-c5ccccc5)c(=O)n4[C@@H]3C[C@H]3C(=O)C(c4ccccc4)=CC(=O)[C@@]23c2ccccc2)c1O. The third-order valence-corrected chi connectivity index (χ3v) is 10.3. The van der Waals surface area contributed by atoms with Crippen molar-refractivity contribution in [2.75, 3.05) is 6.61 Å². The van der Waals surface area contributed by atoms with Gasteiger partial charge in [-0.05, 0) is 54.3 Å². The molecular weight excluding hydrogens is 618 g/mol. The highest BCUT2D eigenvalue weighted by molar-refractivity contribution is 6.31. The van der Waals surface area contributed by atoms with Gasteiger partial charge in [0, 0.05) is 23.0 Å². The Labute approximate surface area is 281 Å². The Kier molecular flexibility index (Phi) is 7.21. The van der Waals surface area contributed by atoms with E-state index in [4.69, 9.17) is 4.74 Å². The second-order valence-electron chi connectivity index (χ2n) is 12.6. The van der Waals surface area contributed by atoms with Crippen LogP contribution in [0.1, 0.15) is 42.0 Å². The number of hydrogen-bond donors (Lipinski definition) is 1. The van der Waals surface area contributed by atoms with Crippen LogP contribution in [0.15, 0.2) is 137 Å². The number of rotatable bonds is 6. The fourth-order valence-corrected chi connectivity index (χ4v) is 8.32. The van der Waals surface area contributed by atoms with Crippen LogP contribution < -0.4 is 16.1 Å². The van der Waals surface area contributed by atoms with Crippen molar-refractivity contribution in [1.29, 1.82) is 0 Å². The van der Waals surface area contributed by atoms with E-state index in [1.54, 1.807) is 54.6 Å². The highest BCUT2D eigenvalue weighted by Gasteiger charge is 2.63. The van der Waals surface area contributed by atoms with Gasteiger partial charge in [-0.3, -0.25) is 9.59 Å². The lowest BCUT2D eigenvalue weighted by atomic mass is 9.47. The largest absolute Gasteiger partial charge is 0.504 e. The lowest BCUT2D eigenvalue weighted by molar-refractivity contribution is -0.133. The van der Waals surface area contributed by atoms with Gasteiger partial charge in [0.05, 0.1) is 30.3 Å². The van der Waals surface area contributed by atoms with Crippen molar-refractivity contribution in [2.45, 2.75) is 37.3 Å². The number of phenols is 1. The number of phenolic OH excluding ortho intramolecular Hbond substituents is 1. The van der Waals surface area contributed by atoms with E-state index in [1.165, 1.54) is 15.4 Å². The van der Waals surface area contributed by atoms with Gasteiger partial charge in [-0.1, -0.05) is 97.1 Å². The predicted molar refractivity (Wildman–Crippen MR) is 184 cm³/mol. The minimum absolute atomic E-state index is 0.0604. The van der Waals surface area contributed by atoms with Gasteiger partial charge in [0.2, 0.25) is 0 Å². The van der Waals surface area contributed by atoms with Gasteiger partial charge in [0.15, 0.2) is 23.1 Å². The molecule has 0 spiro atoms. The van der Waals surface area contributed by atoms with Crippen molar-refractivity contribution >= 4 is 17.1 Å². The second-order valence-corrected chi connectivity index (χ2v) is 12.6. The first kappa shape index (κ1) is 30.4. The number of nitrogens with zero attached hydrogens (tertiary/aromatic N) is 3. The summed E-state index contributed by atoms with van der Waals surface area (Å²) in [6.07, 6.45) is 3.42. The topological polar surface area (TPSA) is 113 Å². The van der Waals surface area contributed by atoms with Crippen LogP contribution in [0.3, 0.4) is 0 Å². The van der Waals surface area contributed by atoms with Crippen LogP contribution in [0.5, 0.6) is 11.5 Å². The molecule has 2 aliphatic carbocycles. The van der Waals surface area contributed by atoms with Gasteiger partial charge in [0.1, 0.15) is 0 Å². The Morgan fingerprint density at radius 1 is 0.816 bits per heavy atom. The number of hydrogen-bond acceptors (Lipinski definition) is 6. The lowest BCUT2D eigenvalue weighted by Crippen LogP contribution is -2.58. The first-order valence-corrected chi connectivity index (χ1v) is 16.4. The molecule has 3 aliphatic rings. The summed E-state index contributed by atoms with van der Waals surface area (Å²) in [5, 5.41) is 11.9. The molecule has 244 valence electrons. The first-order chi connectivity index (χ1) is 23.9. The Hall–Kier alpha value is -5.96. The molecule has 9 heteroatoms. The number of ether oxygens (including phenoxy) is 1. The Morgan fingerprint density at radius 2 is 1.49 bits per heavy atom. The van der Waals surface area contributed by atoms with E-state index in [9.17, 15) is 19.5 Å². The smallest absolute Gasteiger partial charge is 0.352 e. The van der Waals surface area contributed by atoms with E-state index >= 15 is 4.79 Å². The molecule has 1 saturated carbocycles. The summed E-state index contributed by atoms with van der Waals surface area (Å²) in [5.41, 5.74) is 0.532. The minimum atomic E-state index is -1.48. The number of para-hydroxylation sites is 2. The second kappa shape index (κ2) is 11.6. The van der Waals surface area contributed by atoms with E-state index in [-0.39, 0.29) is 36.0 Å². The summed E-state index contributed by atoms with van der Waals surface area (Å²) in [7, 11) is 0. The molecule has 4 aromatic carbocycles. The van der Waals surface area contributed by atoms with Gasteiger partial charge in [-0.25, -0.2) is 23.5 Å². The molecule has 1 aromatic heterocycles. The molecule has 0 amide bonds. The number of allylic oxidation sites excluding steroid dienone is 4. The zero-order chi connectivity index (χ0) is 33.9. The molecule has 1 N–H and O–H groups in total. The monoisotopic (exact) mass is 651 g/mol. The van der Waals surface area contributed by atoms with Crippen LogP contribution in [0.25, 0.3) is 11.3 Å². The van der Waals surface area contributed by atoms with Crippen LogP contribution >= 0.6 is 0 Å². The fraction of sp³-hybridized carbons (Fsp3) is 0.200. The van der Waals surface area contributed by atoms with Crippen molar-refractivity contribution in [1.82, 2.24) is 13.9 Å². The fourth-order valence-electron chi connectivity index (χ4n) is 8.32. The summed E-state index contributed by atoms with van der Waals surface area (Å²) in [6, 6.07) is 31.5. The van der Waals surface area contributed by atoms with E-state index in [0.717, 1.165) is 4.57 Å². The molecule has 49 heavy (non-hydrogen) atoms. The number of carbonyl (C=O) groups excluding carboxylic acids is 2. The highest BCUT2D eigenvalue weighted by atomic mass is 16.5. The molecule has 9 nitrogen and oxygen atoms in total. The molecule has 5 aromatic rings. The summed E-state index contributed by atoms with van der Waals surface area (Å²) in [4.78, 5) is 58.3. The number of aromatic nitrogens is 3. The molecule has 4 atom stereocenters. The number of carbonyl (C=O) groups is 2. The highest BCUT2D eigenvalue weighted by Crippen LogP contribution is 2.62. The normalized spacial score (nSPS) is 22.8. The van der Waals surface area contributed by atoms with Crippen molar-refractivity contribution in [3.63, 3.8) is 0 Å². The molecular formula is C40H33N3O6. The van der Waals surface area contributed by atoms with Crippen LogP contribution in [0.2, 0.25) is 0 Å². The zero-order valence-corrected chi connectivity index (χ0v) is 26.7. The van der Waals surface area contributed by atoms with E-state index < -0.39 is 34.7 Å². The van der Waals surface area contributed by atoms with Crippen molar-refractivity contribution in [3.05, 3.63) is 165 Å². The van der Waals surface area contributed by atoms with Crippen LogP contribution in [0.4, 0.5) is 0 Å². The van der Waals surface area contributed by atoms with Crippen LogP contribution in [0, 0.1) is 5.92 Å². The van der Waals surface area contributed by atoms with Crippen LogP contribution in [-0.2, 0) is 21.5 Å². The average Bonchev–Trinajstić information content (AvgIpc) is 3.40. The number of ketones is 2. The number of benzene rings is 4. The molecule has 0 radical (unpaired) electrons. The van der Waals surface area contributed by atoms with E-state index in [1.807, 2.05) is 67.6 Å².